The molecule has 3 rings (SSSR count). The van der Waals surface area contributed by atoms with E-state index in [2.05, 4.69) is 42.1 Å². The Labute approximate surface area is 274 Å². The van der Waals surface area contributed by atoms with E-state index in [1.165, 1.54) is 0 Å². The maximum absolute atomic E-state index is 12.7. The van der Waals surface area contributed by atoms with Crippen LogP contribution in [0.25, 0.3) is 11.2 Å². The third-order valence-electron chi connectivity index (χ3n) is 6.42. The van der Waals surface area contributed by atoms with Gasteiger partial charge in [0.2, 0.25) is 11.9 Å². The van der Waals surface area contributed by atoms with Crippen molar-refractivity contribution in [1.82, 2.24) is 30.2 Å². The fourth-order valence-electron chi connectivity index (χ4n) is 4.12. The number of nitrogens with zero attached hydrogens (tertiary/aromatic N) is 4. The summed E-state index contributed by atoms with van der Waals surface area (Å²) < 4.78 is 18.3. The molecule has 0 saturated heterocycles. The number of halogens is 1. The molecule has 14 nitrogen and oxygen atoms in total. The fraction of sp³-hybridized carbons (Fsp3) is 0.516. The van der Waals surface area contributed by atoms with Gasteiger partial charge >= 0.3 is 0 Å². The number of anilines is 3. The van der Waals surface area contributed by atoms with Gasteiger partial charge in [-0.15, -0.1) is 12.3 Å². The molecule has 0 atom stereocenters. The molecule has 0 spiro atoms. The van der Waals surface area contributed by atoms with Crippen LogP contribution in [-0.2, 0) is 19.0 Å². The Bertz CT molecular complexity index is 1440. The third kappa shape index (κ3) is 12.1. The quantitative estimate of drug-likeness (QED) is 0.0793. The fourth-order valence-corrected chi connectivity index (χ4v) is 4.38. The van der Waals surface area contributed by atoms with Crippen molar-refractivity contribution in [1.29, 1.82) is 0 Å². The number of ether oxygens (including phenoxy) is 3. The molecule has 15 heteroatoms. The van der Waals surface area contributed by atoms with Gasteiger partial charge in [-0.05, 0) is 38.5 Å². The molecule has 0 radical (unpaired) electrons. The van der Waals surface area contributed by atoms with Crippen molar-refractivity contribution < 1.29 is 28.9 Å². The molecular weight excluding hydrogens is 616 g/mol. The van der Waals surface area contributed by atoms with Gasteiger partial charge in [-0.3, -0.25) is 9.59 Å². The van der Waals surface area contributed by atoms with Crippen molar-refractivity contribution in [2.75, 3.05) is 76.5 Å². The van der Waals surface area contributed by atoms with E-state index >= 15 is 0 Å². The summed E-state index contributed by atoms with van der Waals surface area (Å²) in [4.78, 5) is 37.8. The molecule has 0 bridgehead atoms. The molecule has 0 aliphatic heterocycles. The second-order valence-corrected chi connectivity index (χ2v) is 10.7. The normalized spacial score (nSPS) is 11.0. The van der Waals surface area contributed by atoms with Crippen LogP contribution < -0.4 is 21.3 Å². The minimum Gasteiger partial charge on any atom is -0.395 e. The number of aliphatic hydroxyl groups is 1. The molecule has 2 heterocycles. The molecule has 0 aliphatic rings. The smallest absolute Gasteiger partial charge is 0.252 e. The standard InChI is InChI=1S/C31H43ClN8O6/c1-4-5-6-7-26(42)33-11-14-44-16-18-46-19-17-45-15-12-34-30(43)24-9-8-23(20-25(24)32)37-28-27-29(40(21-36-27)22(2)3)39-31(38-28)35-10-13-41/h1,8-9,20-22,41H,5-7,10-19H2,2-3H3,(H,33,42)(H,34,43)(H2,35,37,38,39). The number of terminal acetylenes is 1. The van der Waals surface area contributed by atoms with Gasteiger partial charge < -0.3 is 45.2 Å². The van der Waals surface area contributed by atoms with Crippen molar-refractivity contribution in [3.8, 4) is 12.3 Å². The highest BCUT2D eigenvalue weighted by atomic mass is 35.5. The van der Waals surface area contributed by atoms with Crippen molar-refractivity contribution >= 4 is 52.0 Å². The van der Waals surface area contributed by atoms with Crippen LogP contribution in [0.4, 0.5) is 17.5 Å². The van der Waals surface area contributed by atoms with Gasteiger partial charge in [0.1, 0.15) is 0 Å². The molecule has 0 aliphatic carbocycles. The molecule has 2 aromatic heterocycles. The van der Waals surface area contributed by atoms with Crippen molar-refractivity contribution in [2.45, 2.75) is 39.2 Å². The lowest BCUT2D eigenvalue weighted by atomic mass is 10.2. The Hall–Kier alpha value is -4.00. The van der Waals surface area contributed by atoms with Crippen LogP contribution in [0.15, 0.2) is 24.5 Å². The number of unbranched alkanes of at least 4 members (excludes halogenated alkanes) is 1. The lowest BCUT2D eigenvalue weighted by Crippen LogP contribution is -2.28. The average Bonchev–Trinajstić information content (AvgIpc) is 3.47. The second-order valence-electron chi connectivity index (χ2n) is 10.3. The Morgan fingerprint density at radius 2 is 1.72 bits per heavy atom. The number of aliphatic hydroxyl groups excluding tert-OH is 1. The van der Waals surface area contributed by atoms with Gasteiger partial charge in [0.15, 0.2) is 17.0 Å². The number of fused-ring (bicyclic) bond motifs is 1. The number of imidazole rings is 1. The van der Waals surface area contributed by atoms with Crippen LogP contribution >= 0.6 is 11.6 Å². The van der Waals surface area contributed by atoms with Gasteiger partial charge in [0.25, 0.3) is 5.91 Å². The zero-order chi connectivity index (χ0) is 33.1. The summed E-state index contributed by atoms with van der Waals surface area (Å²) in [7, 11) is 0. The van der Waals surface area contributed by atoms with Gasteiger partial charge in [-0.2, -0.15) is 9.97 Å². The van der Waals surface area contributed by atoms with Crippen LogP contribution in [0.2, 0.25) is 5.02 Å². The number of carbonyl (C=O) groups excluding carboxylic acids is 2. The number of hydrogen-bond acceptors (Lipinski definition) is 11. The molecule has 0 unspecified atom stereocenters. The van der Waals surface area contributed by atoms with Crippen LogP contribution in [-0.4, -0.2) is 102 Å². The molecular formula is C31H43ClN8O6. The number of hydrogen-bond donors (Lipinski definition) is 5. The Morgan fingerprint density at radius 3 is 2.37 bits per heavy atom. The van der Waals surface area contributed by atoms with Gasteiger partial charge in [0.05, 0.1) is 63.2 Å². The molecule has 0 fully saturated rings. The first-order valence-electron chi connectivity index (χ1n) is 15.2. The van der Waals surface area contributed by atoms with Crippen molar-refractivity contribution in [2.24, 2.45) is 0 Å². The van der Waals surface area contributed by atoms with E-state index in [0.29, 0.717) is 113 Å². The summed E-state index contributed by atoms with van der Waals surface area (Å²) >= 11 is 6.47. The average molecular weight is 659 g/mol. The zero-order valence-corrected chi connectivity index (χ0v) is 27.1. The van der Waals surface area contributed by atoms with Crippen LogP contribution in [0.3, 0.4) is 0 Å². The van der Waals surface area contributed by atoms with E-state index in [9.17, 15) is 14.7 Å². The third-order valence-corrected chi connectivity index (χ3v) is 6.73. The second kappa shape index (κ2) is 20.2. The maximum Gasteiger partial charge on any atom is 0.252 e. The first-order chi connectivity index (χ1) is 22.3. The predicted molar refractivity (Wildman–Crippen MR) is 177 cm³/mol. The summed E-state index contributed by atoms with van der Waals surface area (Å²) in [6.45, 7) is 7.32. The molecule has 46 heavy (non-hydrogen) atoms. The SMILES string of the molecule is C#CCCCC(=O)NCCOCCOCCOCCNC(=O)c1ccc(Nc2nc(NCCO)nc3c2ncn3C(C)C)cc1Cl. The van der Waals surface area contributed by atoms with Gasteiger partial charge in [-0.1, -0.05) is 11.6 Å². The number of nitrogens with one attached hydrogen (secondary N) is 4. The van der Waals surface area contributed by atoms with Crippen LogP contribution in [0.1, 0.15) is 49.5 Å². The summed E-state index contributed by atoms with van der Waals surface area (Å²) in [6.07, 6.45) is 8.57. The highest BCUT2D eigenvalue weighted by Crippen LogP contribution is 2.28. The van der Waals surface area contributed by atoms with E-state index in [1.54, 1.807) is 24.5 Å². The topological polar surface area (TPSA) is 174 Å². The highest BCUT2D eigenvalue weighted by molar-refractivity contribution is 6.34. The van der Waals surface area contributed by atoms with Crippen LogP contribution in [0, 0.1) is 12.3 Å². The van der Waals surface area contributed by atoms with Gasteiger partial charge in [0, 0.05) is 44.2 Å². The summed E-state index contributed by atoms with van der Waals surface area (Å²) in [5.41, 5.74) is 2.15. The summed E-state index contributed by atoms with van der Waals surface area (Å²) in [5.74, 6) is 2.96. The van der Waals surface area contributed by atoms with E-state index in [4.69, 9.17) is 32.2 Å². The zero-order valence-electron chi connectivity index (χ0n) is 26.3. The van der Waals surface area contributed by atoms with E-state index in [-0.39, 0.29) is 29.5 Å². The van der Waals surface area contributed by atoms with Crippen LogP contribution in [0.5, 0.6) is 0 Å². The lowest BCUT2D eigenvalue weighted by molar-refractivity contribution is -0.121. The number of aromatic nitrogens is 4. The van der Waals surface area contributed by atoms with Gasteiger partial charge in [-0.25, -0.2) is 4.98 Å². The summed E-state index contributed by atoms with van der Waals surface area (Å²) in [5, 5.41) is 21.2. The monoisotopic (exact) mass is 658 g/mol. The maximum atomic E-state index is 12.7. The number of benzene rings is 1. The largest absolute Gasteiger partial charge is 0.395 e. The minimum absolute atomic E-state index is 0.0308. The highest BCUT2D eigenvalue weighted by Gasteiger charge is 2.16. The summed E-state index contributed by atoms with van der Waals surface area (Å²) in [6, 6.07) is 5.12. The first kappa shape index (κ1) is 36.5. The molecule has 5 N–H and O–H groups in total. The van der Waals surface area contributed by atoms with Crippen molar-refractivity contribution in [3.05, 3.63) is 35.1 Å². The first-order valence-corrected chi connectivity index (χ1v) is 15.6. The minimum atomic E-state index is -0.326. The Balaban J connectivity index is 1.34. The molecule has 3 aromatic rings. The molecule has 0 saturated carbocycles. The molecule has 2 amide bonds. The van der Waals surface area contributed by atoms with E-state index < -0.39 is 0 Å². The lowest BCUT2D eigenvalue weighted by Gasteiger charge is -2.13. The number of rotatable bonds is 22. The number of amides is 2. The Kier molecular flexibility index (Phi) is 16.0. The molecule has 1 aromatic carbocycles. The van der Waals surface area contributed by atoms with Crippen molar-refractivity contribution in [3.63, 3.8) is 0 Å². The molecule has 250 valence electrons. The van der Waals surface area contributed by atoms with E-state index in [0.717, 1.165) is 0 Å². The number of carbonyl (C=O) groups is 2. The predicted octanol–water partition coefficient (Wildman–Crippen LogP) is 2.91. The Morgan fingerprint density at radius 1 is 1.02 bits per heavy atom. The van der Waals surface area contributed by atoms with E-state index in [1.807, 2.05) is 18.4 Å².